The van der Waals surface area contributed by atoms with Crippen LogP contribution >= 0.6 is 11.3 Å². The molecule has 4 nitrogen and oxygen atoms in total. The molecule has 0 amide bonds. The van der Waals surface area contributed by atoms with Crippen molar-refractivity contribution < 1.29 is 14.2 Å². The fourth-order valence-corrected chi connectivity index (χ4v) is 4.25. The molecule has 0 saturated heterocycles. The summed E-state index contributed by atoms with van der Waals surface area (Å²) >= 11 is 1.76. The molecule has 4 rings (SSSR count). The number of hydrogen-bond acceptors (Lipinski definition) is 5. The number of rotatable bonds is 5. The summed E-state index contributed by atoms with van der Waals surface area (Å²) in [5, 5.41) is 2.11. The first-order chi connectivity index (χ1) is 12.8. The minimum atomic E-state index is 0.187. The number of ether oxygens (including phenoxy) is 3. The van der Waals surface area contributed by atoms with Gasteiger partial charge in [0.1, 0.15) is 11.5 Å². The Labute approximate surface area is 157 Å². The first-order valence-corrected chi connectivity index (χ1v) is 9.65. The molecule has 0 saturated carbocycles. The highest BCUT2D eigenvalue weighted by atomic mass is 32.1. The van der Waals surface area contributed by atoms with Crippen molar-refractivity contribution in [3.05, 3.63) is 69.2 Å². The molecule has 1 atom stereocenters. The van der Waals surface area contributed by atoms with Crippen molar-refractivity contribution in [2.75, 3.05) is 13.7 Å². The van der Waals surface area contributed by atoms with Crippen LogP contribution in [0.1, 0.15) is 35.3 Å². The van der Waals surface area contributed by atoms with Gasteiger partial charge in [-0.05, 0) is 60.6 Å². The Morgan fingerprint density at radius 1 is 1.31 bits per heavy atom. The van der Waals surface area contributed by atoms with Gasteiger partial charge in [0, 0.05) is 16.4 Å². The fraction of sp³-hybridized carbons (Fsp3) is 0.286. The number of aryl methyl sites for hydroxylation is 1. The number of methoxy groups -OCH3 is 1. The summed E-state index contributed by atoms with van der Waals surface area (Å²) in [4.78, 5) is 5.67. The van der Waals surface area contributed by atoms with Gasteiger partial charge in [-0.2, -0.15) is 4.99 Å². The first kappa shape index (κ1) is 16.9. The van der Waals surface area contributed by atoms with Gasteiger partial charge >= 0.3 is 0 Å². The predicted octanol–water partition coefficient (Wildman–Crippen LogP) is 5.13. The number of aliphatic imine (C=N–C) groups is 1. The van der Waals surface area contributed by atoms with E-state index in [2.05, 4.69) is 40.7 Å². The smallest absolute Gasteiger partial charge is 0.218 e. The highest BCUT2D eigenvalue weighted by Gasteiger charge is 2.31. The maximum Gasteiger partial charge on any atom is 0.218 e. The Morgan fingerprint density at radius 2 is 2.23 bits per heavy atom. The molecule has 0 N–H and O–H groups in total. The van der Waals surface area contributed by atoms with Gasteiger partial charge in [-0.15, -0.1) is 11.3 Å². The lowest BCUT2D eigenvalue weighted by Gasteiger charge is -2.30. The van der Waals surface area contributed by atoms with Crippen LogP contribution in [-0.2, 0) is 15.9 Å². The SMILES string of the molecule is CCOC=NC1=CC(c2cccs2)C2=C(O1)c1cc(OC)ccc1CC2. The number of hydrogen-bond donors (Lipinski definition) is 0. The van der Waals surface area contributed by atoms with Gasteiger partial charge in [-0.1, -0.05) is 12.1 Å². The third-order valence-electron chi connectivity index (χ3n) is 4.68. The van der Waals surface area contributed by atoms with Crippen LogP contribution in [0.2, 0.25) is 0 Å². The number of nitrogens with zero attached hydrogens (tertiary/aromatic N) is 1. The molecule has 1 aliphatic heterocycles. The average molecular weight is 367 g/mol. The van der Waals surface area contributed by atoms with E-state index in [9.17, 15) is 0 Å². The summed E-state index contributed by atoms with van der Waals surface area (Å²) in [6.45, 7) is 2.51. The Bertz CT molecular complexity index is 881. The zero-order valence-corrected chi connectivity index (χ0v) is 15.7. The second kappa shape index (κ2) is 7.38. The number of thiophene rings is 1. The van der Waals surface area contributed by atoms with E-state index >= 15 is 0 Å². The Kier molecular flexibility index (Phi) is 4.80. The van der Waals surface area contributed by atoms with Crippen molar-refractivity contribution in [1.82, 2.24) is 0 Å². The lowest BCUT2D eigenvalue weighted by molar-refractivity contribution is 0.327. The molecule has 134 valence electrons. The van der Waals surface area contributed by atoms with Crippen molar-refractivity contribution in [1.29, 1.82) is 0 Å². The summed E-state index contributed by atoms with van der Waals surface area (Å²) in [5.41, 5.74) is 3.69. The second-order valence-corrected chi connectivity index (χ2v) is 7.15. The van der Waals surface area contributed by atoms with Crippen molar-refractivity contribution >= 4 is 23.5 Å². The van der Waals surface area contributed by atoms with Crippen LogP contribution < -0.4 is 4.74 Å². The maximum absolute atomic E-state index is 6.20. The van der Waals surface area contributed by atoms with Crippen molar-refractivity contribution in [3.8, 4) is 5.75 Å². The van der Waals surface area contributed by atoms with E-state index in [0.29, 0.717) is 12.5 Å². The largest absolute Gasteiger partial charge is 0.497 e. The molecule has 1 aromatic carbocycles. The molecule has 5 heteroatoms. The molecule has 1 aliphatic carbocycles. The van der Waals surface area contributed by atoms with Crippen LogP contribution in [0.4, 0.5) is 0 Å². The van der Waals surface area contributed by atoms with E-state index in [1.54, 1.807) is 18.4 Å². The Balaban J connectivity index is 1.79. The van der Waals surface area contributed by atoms with E-state index in [0.717, 1.165) is 29.9 Å². The topological polar surface area (TPSA) is 40.0 Å². The summed E-state index contributed by atoms with van der Waals surface area (Å²) in [7, 11) is 1.69. The Morgan fingerprint density at radius 3 is 3.00 bits per heavy atom. The quantitative estimate of drug-likeness (QED) is 0.543. The van der Waals surface area contributed by atoms with Crippen LogP contribution in [-0.4, -0.2) is 20.1 Å². The van der Waals surface area contributed by atoms with E-state index in [1.165, 1.54) is 22.4 Å². The second-order valence-electron chi connectivity index (χ2n) is 6.17. The van der Waals surface area contributed by atoms with Gasteiger partial charge in [0.2, 0.25) is 5.88 Å². The van der Waals surface area contributed by atoms with Crippen LogP contribution in [0.25, 0.3) is 5.76 Å². The molecular formula is C21H21NO3S. The van der Waals surface area contributed by atoms with Gasteiger partial charge in [-0.25, -0.2) is 0 Å². The number of benzene rings is 1. The monoisotopic (exact) mass is 367 g/mol. The normalized spacial score (nSPS) is 18.8. The third-order valence-corrected chi connectivity index (χ3v) is 5.63. The lowest BCUT2D eigenvalue weighted by Crippen LogP contribution is -2.16. The molecule has 2 aliphatic rings. The van der Waals surface area contributed by atoms with Crippen LogP contribution in [0.3, 0.4) is 0 Å². The molecule has 0 bridgehead atoms. The van der Waals surface area contributed by atoms with Crippen molar-refractivity contribution in [3.63, 3.8) is 0 Å². The Hall–Kier alpha value is -2.53. The maximum atomic E-state index is 6.20. The minimum absolute atomic E-state index is 0.187. The van der Waals surface area contributed by atoms with Gasteiger partial charge in [-0.3, -0.25) is 0 Å². The van der Waals surface area contributed by atoms with Gasteiger partial charge in [0.15, 0.2) is 6.40 Å². The first-order valence-electron chi connectivity index (χ1n) is 8.77. The lowest BCUT2D eigenvalue weighted by atomic mass is 9.82. The standard InChI is InChI=1S/C21H21NO3S/c1-3-24-13-22-20-12-18(19-5-4-10-26-19)16-9-7-14-6-8-15(23-2)11-17(14)21(16)25-20/h4-6,8,10-13,18H,3,7,9H2,1-2H3. The van der Waals surface area contributed by atoms with E-state index in [1.807, 2.05) is 13.0 Å². The molecule has 1 aromatic heterocycles. The highest BCUT2D eigenvalue weighted by Crippen LogP contribution is 2.46. The van der Waals surface area contributed by atoms with Crippen molar-refractivity contribution in [2.24, 2.45) is 4.99 Å². The van der Waals surface area contributed by atoms with E-state index in [-0.39, 0.29) is 5.92 Å². The van der Waals surface area contributed by atoms with Crippen LogP contribution in [0, 0.1) is 0 Å². The number of allylic oxidation sites excluding steroid dienone is 2. The van der Waals surface area contributed by atoms with E-state index in [4.69, 9.17) is 14.2 Å². The molecular weight excluding hydrogens is 346 g/mol. The molecule has 2 heterocycles. The zero-order chi connectivity index (χ0) is 17.9. The summed E-state index contributed by atoms with van der Waals surface area (Å²) in [6, 6.07) is 10.5. The molecule has 26 heavy (non-hydrogen) atoms. The average Bonchev–Trinajstić information content (AvgIpc) is 3.21. The van der Waals surface area contributed by atoms with Crippen LogP contribution in [0.15, 0.2) is 58.2 Å². The minimum Gasteiger partial charge on any atom is -0.497 e. The zero-order valence-electron chi connectivity index (χ0n) is 14.9. The predicted molar refractivity (Wildman–Crippen MR) is 105 cm³/mol. The number of fused-ring (bicyclic) bond motifs is 2. The highest BCUT2D eigenvalue weighted by molar-refractivity contribution is 7.10. The van der Waals surface area contributed by atoms with E-state index < -0.39 is 0 Å². The fourth-order valence-electron chi connectivity index (χ4n) is 3.42. The van der Waals surface area contributed by atoms with Gasteiger partial charge < -0.3 is 14.2 Å². The molecule has 2 aromatic rings. The molecule has 1 unspecified atom stereocenters. The van der Waals surface area contributed by atoms with Crippen molar-refractivity contribution in [2.45, 2.75) is 25.7 Å². The summed E-state index contributed by atoms with van der Waals surface area (Å²) < 4.78 is 16.9. The summed E-state index contributed by atoms with van der Waals surface area (Å²) in [6.07, 6.45) is 5.54. The third kappa shape index (κ3) is 3.15. The molecule has 0 radical (unpaired) electrons. The molecule has 0 fully saturated rings. The van der Waals surface area contributed by atoms with Gasteiger partial charge in [0.05, 0.1) is 13.7 Å². The summed E-state index contributed by atoms with van der Waals surface area (Å²) in [5.74, 6) is 2.51. The van der Waals surface area contributed by atoms with Gasteiger partial charge in [0.25, 0.3) is 0 Å². The molecule has 0 spiro atoms. The van der Waals surface area contributed by atoms with Crippen LogP contribution in [0.5, 0.6) is 5.75 Å².